The molecule has 32 heavy (non-hydrogen) atoms. The van der Waals surface area contributed by atoms with Crippen LogP contribution in [0.5, 0.6) is 0 Å². The fourth-order valence-corrected chi connectivity index (χ4v) is 5.96. The number of rotatable bonds is 5. The van der Waals surface area contributed by atoms with Crippen LogP contribution in [0.3, 0.4) is 0 Å². The second-order valence-electron chi connectivity index (χ2n) is 11.1. The summed E-state index contributed by atoms with van der Waals surface area (Å²) < 4.78 is 0. The van der Waals surface area contributed by atoms with Crippen molar-refractivity contribution >= 4 is 11.9 Å². The predicted octanol–water partition coefficient (Wildman–Crippen LogP) is 7.74. The molecule has 5 atom stereocenters. The van der Waals surface area contributed by atoms with Crippen molar-refractivity contribution in [3.8, 4) is 0 Å². The molecule has 3 rings (SSSR count). The topological polar surface area (TPSA) is 74.6 Å². The molecule has 0 amide bonds. The molecule has 3 aliphatic rings. The SMILES string of the molecule is C=CC.CC(C)(CC(=O)O)CC(=O)O.CCC1CCCC2C3=CCC(C)CC3CCC2C1. The fraction of sp³-hybridized carbons (Fsp3) is 0.786. The third-order valence-corrected chi connectivity index (χ3v) is 7.40. The molecule has 0 bridgehead atoms. The van der Waals surface area contributed by atoms with Crippen LogP contribution in [0.2, 0.25) is 0 Å². The number of carboxylic acids is 2. The second-order valence-corrected chi connectivity index (χ2v) is 11.1. The van der Waals surface area contributed by atoms with Gasteiger partial charge in [0.25, 0.3) is 0 Å². The fourth-order valence-electron chi connectivity index (χ4n) is 5.96. The molecule has 0 heterocycles. The molecule has 2 fully saturated rings. The predicted molar refractivity (Wildman–Crippen MR) is 133 cm³/mol. The van der Waals surface area contributed by atoms with E-state index in [2.05, 4.69) is 26.5 Å². The zero-order chi connectivity index (χ0) is 24.3. The molecule has 0 aromatic heterocycles. The largest absolute Gasteiger partial charge is 0.481 e. The Morgan fingerprint density at radius 3 is 2.22 bits per heavy atom. The van der Waals surface area contributed by atoms with Crippen LogP contribution >= 0.6 is 0 Å². The summed E-state index contributed by atoms with van der Waals surface area (Å²) in [5.74, 6) is 3.09. The number of hydrogen-bond acceptors (Lipinski definition) is 2. The van der Waals surface area contributed by atoms with Crippen molar-refractivity contribution in [2.45, 2.75) is 105 Å². The van der Waals surface area contributed by atoms with Crippen molar-refractivity contribution in [3.63, 3.8) is 0 Å². The molecule has 0 aromatic rings. The van der Waals surface area contributed by atoms with Crippen molar-refractivity contribution in [3.05, 3.63) is 24.3 Å². The Balaban J connectivity index is 0.000000316. The van der Waals surface area contributed by atoms with Crippen molar-refractivity contribution in [2.75, 3.05) is 0 Å². The lowest BCUT2D eigenvalue weighted by Gasteiger charge is -2.42. The molecule has 0 aromatic carbocycles. The van der Waals surface area contributed by atoms with E-state index in [0.29, 0.717) is 0 Å². The van der Waals surface area contributed by atoms with E-state index in [-0.39, 0.29) is 12.8 Å². The molecule has 3 aliphatic carbocycles. The summed E-state index contributed by atoms with van der Waals surface area (Å²) in [6.07, 6.45) is 17.6. The van der Waals surface area contributed by atoms with Gasteiger partial charge in [-0.2, -0.15) is 0 Å². The van der Waals surface area contributed by atoms with E-state index in [1.54, 1.807) is 26.3 Å². The number of allylic oxidation sites excluding steroid dienone is 3. The highest BCUT2D eigenvalue weighted by atomic mass is 16.4. The van der Waals surface area contributed by atoms with Crippen LogP contribution in [0.15, 0.2) is 24.3 Å². The van der Waals surface area contributed by atoms with Gasteiger partial charge in [0.15, 0.2) is 0 Å². The minimum atomic E-state index is -0.962. The lowest BCUT2D eigenvalue weighted by atomic mass is 9.63. The summed E-state index contributed by atoms with van der Waals surface area (Å²) in [5.41, 5.74) is 1.26. The monoisotopic (exact) mass is 448 g/mol. The number of fused-ring (bicyclic) bond motifs is 3. The maximum absolute atomic E-state index is 10.2. The molecular formula is C28H48O4. The van der Waals surface area contributed by atoms with Crippen LogP contribution in [0.25, 0.3) is 0 Å². The highest BCUT2D eigenvalue weighted by Crippen LogP contribution is 2.50. The molecule has 184 valence electrons. The van der Waals surface area contributed by atoms with Crippen molar-refractivity contribution in [2.24, 2.45) is 35.0 Å². The Morgan fingerprint density at radius 1 is 1.09 bits per heavy atom. The molecule has 0 spiro atoms. The van der Waals surface area contributed by atoms with Gasteiger partial charge in [0.05, 0.1) is 12.8 Å². The smallest absolute Gasteiger partial charge is 0.303 e. The van der Waals surface area contributed by atoms with Gasteiger partial charge in [-0.25, -0.2) is 0 Å². The first-order chi connectivity index (χ1) is 15.0. The number of carbonyl (C=O) groups is 2. The lowest BCUT2D eigenvalue weighted by molar-refractivity contribution is -0.142. The molecule has 4 nitrogen and oxygen atoms in total. The van der Waals surface area contributed by atoms with Crippen LogP contribution in [0, 0.1) is 35.0 Å². The average molecular weight is 449 g/mol. The first-order valence-corrected chi connectivity index (χ1v) is 12.7. The van der Waals surface area contributed by atoms with Crippen LogP contribution in [0.4, 0.5) is 0 Å². The van der Waals surface area contributed by atoms with Gasteiger partial charge in [0, 0.05) is 0 Å². The molecule has 0 aliphatic heterocycles. The van der Waals surface area contributed by atoms with E-state index in [9.17, 15) is 9.59 Å². The Bertz CT molecular complexity index is 615. The summed E-state index contributed by atoms with van der Waals surface area (Å²) >= 11 is 0. The molecule has 4 heteroatoms. The summed E-state index contributed by atoms with van der Waals surface area (Å²) in [7, 11) is 0. The maximum atomic E-state index is 10.2. The van der Waals surface area contributed by atoms with Crippen molar-refractivity contribution < 1.29 is 19.8 Å². The molecule has 2 saturated carbocycles. The van der Waals surface area contributed by atoms with Gasteiger partial charge >= 0.3 is 11.9 Å². The number of aliphatic carboxylic acids is 2. The third kappa shape index (κ3) is 9.92. The zero-order valence-electron chi connectivity index (χ0n) is 21.2. The molecular weight excluding hydrogens is 400 g/mol. The van der Waals surface area contributed by atoms with Gasteiger partial charge in [-0.05, 0) is 80.5 Å². The summed E-state index contributed by atoms with van der Waals surface area (Å²) in [6, 6.07) is 0. The Morgan fingerprint density at radius 2 is 1.69 bits per heavy atom. The molecule has 2 N–H and O–H groups in total. The van der Waals surface area contributed by atoms with Gasteiger partial charge in [-0.1, -0.05) is 64.7 Å². The van der Waals surface area contributed by atoms with Crippen molar-refractivity contribution in [1.29, 1.82) is 0 Å². The highest BCUT2D eigenvalue weighted by Gasteiger charge is 2.38. The summed E-state index contributed by atoms with van der Waals surface area (Å²) in [6.45, 7) is 13.3. The minimum absolute atomic E-state index is 0.112. The Kier molecular flexibility index (Phi) is 12.3. The van der Waals surface area contributed by atoms with Gasteiger partial charge in [0.2, 0.25) is 0 Å². The normalized spacial score (nSPS) is 29.3. The van der Waals surface area contributed by atoms with Gasteiger partial charge in [0.1, 0.15) is 0 Å². The van der Waals surface area contributed by atoms with E-state index < -0.39 is 17.4 Å². The van der Waals surface area contributed by atoms with Gasteiger partial charge in [-0.15, -0.1) is 6.58 Å². The van der Waals surface area contributed by atoms with Gasteiger partial charge in [-0.3, -0.25) is 9.59 Å². The van der Waals surface area contributed by atoms with Crippen molar-refractivity contribution in [1.82, 2.24) is 0 Å². The van der Waals surface area contributed by atoms with Crippen LogP contribution in [-0.2, 0) is 9.59 Å². The van der Waals surface area contributed by atoms with Crippen LogP contribution in [0.1, 0.15) is 105 Å². The maximum Gasteiger partial charge on any atom is 0.303 e. The standard InChI is InChI=1S/C18H30.C7H12O4.C3H6/c1-3-14-5-4-6-17-16(12-14)9-8-15-11-13(2)7-10-18(15)17;1-7(2,3-5(8)9)4-6(10)11;1-3-2/h10,13-17H,3-9,11-12H2,1-2H3;3-4H2,1-2H3,(H,8,9)(H,10,11);3H,1H2,2H3. The van der Waals surface area contributed by atoms with E-state index in [1.807, 2.05) is 12.5 Å². The second kappa shape index (κ2) is 13.9. The van der Waals surface area contributed by atoms with Gasteiger partial charge < -0.3 is 10.2 Å². The first kappa shape index (κ1) is 28.5. The van der Waals surface area contributed by atoms with Crippen LogP contribution < -0.4 is 0 Å². The number of carboxylic acid groups (broad SMARTS) is 2. The Labute approximate surface area is 196 Å². The molecule has 0 radical (unpaired) electrons. The van der Waals surface area contributed by atoms with E-state index in [0.717, 1.165) is 29.6 Å². The summed E-state index contributed by atoms with van der Waals surface area (Å²) in [5, 5.41) is 16.7. The zero-order valence-corrected chi connectivity index (χ0v) is 21.2. The highest BCUT2D eigenvalue weighted by molar-refractivity contribution is 5.71. The molecule has 5 unspecified atom stereocenters. The summed E-state index contributed by atoms with van der Waals surface area (Å²) in [4.78, 5) is 20.4. The van der Waals surface area contributed by atoms with E-state index in [4.69, 9.17) is 10.2 Å². The number of hydrogen-bond donors (Lipinski definition) is 2. The Hall–Kier alpha value is -1.58. The third-order valence-electron chi connectivity index (χ3n) is 7.40. The average Bonchev–Trinajstić information content (AvgIpc) is 2.89. The minimum Gasteiger partial charge on any atom is -0.481 e. The lowest BCUT2D eigenvalue weighted by Crippen LogP contribution is -2.30. The molecule has 0 saturated heterocycles. The van der Waals surface area contributed by atoms with Crippen LogP contribution in [-0.4, -0.2) is 22.2 Å². The van der Waals surface area contributed by atoms with E-state index in [1.165, 1.54) is 51.4 Å². The quantitative estimate of drug-likeness (QED) is 0.422. The first-order valence-electron chi connectivity index (χ1n) is 12.7. The van der Waals surface area contributed by atoms with E-state index >= 15 is 0 Å².